The number of phenolic OH excluding ortho intramolecular Hbond substituents is 1. The molecule has 6 aliphatic rings. The van der Waals surface area contributed by atoms with E-state index >= 15 is 19.2 Å². The molecule has 96 heavy (non-hydrogen) atoms. The van der Waals surface area contributed by atoms with Crippen LogP contribution in [0.2, 0.25) is 0 Å². The number of guanidine groups is 2. The summed E-state index contributed by atoms with van der Waals surface area (Å²) >= 11 is 0. The number of nitrogens with one attached hydrogen (secondary N) is 8. The van der Waals surface area contributed by atoms with Gasteiger partial charge in [0, 0.05) is 24.9 Å². The van der Waals surface area contributed by atoms with Gasteiger partial charge in [-0.15, -0.1) is 0 Å². The maximum atomic E-state index is 16.0. The van der Waals surface area contributed by atoms with E-state index in [1.54, 1.807) is 50.3 Å². The number of rotatable bonds is 18. The molecule has 0 spiro atoms. The van der Waals surface area contributed by atoms with Gasteiger partial charge in [-0.1, -0.05) is 61.0 Å². The quantitative estimate of drug-likeness (QED) is 0.0616. The zero-order valence-corrected chi connectivity index (χ0v) is 52.2. The number of aliphatic hydroxyl groups is 14. The first-order valence-corrected chi connectivity index (χ1v) is 30.9. The van der Waals surface area contributed by atoms with Crippen LogP contribution in [-0.4, -0.2) is 333 Å². The number of allylic oxidation sites excluding steroid dienone is 1. The summed E-state index contributed by atoms with van der Waals surface area (Å²) in [6.45, 7) is -1.33. The SMILES string of the molecule is CC(C)=CCN1CC(C(O)C2NC(=O)C(C(O)C3CN=C(N)N3)NC(=O)C(C(c3ccc(O)cc3)C3OC(CO)C(OC4OC(CO)C(O)C(O)C4O)C(O)C3O)NC(=O)C(C(C)c3ccccc3)NC(=O)CNC(=O)C(CO)NC2=O)N(C2OC(CO)C(O)C(O)C2O)C1=N. The number of nitrogens with zero attached hydrogens (tertiary/aromatic N) is 3. The summed E-state index contributed by atoms with van der Waals surface area (Å²) in [5.74, 6) is -12.5. The van der Waals surface area contributed by atoms with Crippen LogP contribution < -0.4 is 43.0 Å². The van der Waals surface area contributed by atoms with Gasteiger partial charge in [0.1, 0.15) is 121 Å². The van der Waals surface area contributed by atoms with Crippen molar-refractivity contribution in [2.45, 2.75) is 179 Å². The molecule has 6 amide bonds. The molecule has 37 nitrogen and oxygen atoms in total. The normalized spacial score (nSPS) is 36.6. The van der Waals surface area contributed by atoms with Crippen LogP contribution in [0.5, 0.6) is 5.75 Å². The second-order valence-corrected chi connectivity index (χ2v) is 24.5. The molecule has 26 unspecified atom stereocenters. The third kappa shape index (κ3) is 16.3. The molecule has 0 aliphatic carbocycles. The summed E-state index contributed by atoms with van der Waals surface area (Å²) in [5.41, 5.74) is 6.94. The second-order valence-electron chi connectivity index (χ2n) is 24.5. The molecule has 5 saturated heterocycles. The minimum Gasteiger partial charge on any atom is -0.508 e. The van der Waals surface area contributed by atoms with Crippen LogP contribution in [-0.2, 0) is 47.7 Å². The highest BCUT2D eigenvalue weighted by molar-refractivity contribution is 5.99. The number of nitrogens with two attached hydrogens (primary N) is 1. The number of ether oxygens (including phenoxy) is 4. The lowest BCUT2D eigenvalue weighted by atomic mass is 9.79. The smallest absolute Gasteiger partial charge is 0.246 e. The molecule has 532 valence electrons. The lowest BCUT2D eigenvalue weighted by molar-refractivity contribution is -0.343. The first-order chi connectivity index (χ1) is 45.5. The van der Waals surface area contributed by atoms with E-state index in [0.717, 1.165) is 22.6 Å². The van der Waals surface area contributed by atoms with Crippen molar-refractivity contribution in [3.63, 3.8) is 0 Å². The highest BCUT2D eigenvalue weighted by atomic mass is 16.7. The van der Waals surface area contributed by atoms with Gasteiger partial charge < -0.3 is 148 Å². The maximum Gasteiger partial charge on any atom is 0.246 e. The van der Waals surface area contributed by atoms with Gasteiger partial charge in [0.15, 0.2) is 24.4 Å². The van der Waals surface area contributed by atoms with Gasteiger partial charge in [0.2, 0.25) is 35.4 Å². The van der Waals surface area contributed by atoms with Gasteiger partial charge in [-0.05, 0) is 37.1 Å². The lowest BCUT2D eigenvalue weighted by Gasteiger charge is -2.48. The van der Waals surface area contributed by atoms with E-state index in [-0.39, 0.29) is 18.1 Å². The van der Waals surface area contributed by atoms with Crippen LogP contribution in [0.3, 0.4) is 0 Å². The molecule has 0 radical (unpaired) electrons. The van der Waals surface area contributed by atoms with E-state index in [2.05, 4.69) is 42.2 Å². The molecule has 0 saturated carbocycles. The fourth-order valence-electron chi connectivity index (χ4n) is 12.4. The average Bonchev–Trinajstić information content (AvgIpc) is 0.921. The standard InChI is InChI=1S/C59H86N12O25/c1-22(2)13-14-70-17-29(71(59(70)61)56-47(86)43(82)41(80)30(19-73)94-56)40(79)38-54(91)64-28(18-72)51(88)62-16-33(77)66-35(23(3)24-7-5-4-6-8-24)52(89)67-36(53(90)68-37(55(92)69-38)39(78)27-15-63-58(60)65-27)34(25-9-11-26(76)12-10-25)50-46(85)45(84)49(32(21-75)93-50)96-57-48(87)44(83)42(81)31(20-74)95-57/h4-13,23,27-32,34-50,56-57,61,72-76,78-87H,14-21H2,1-3H3,(H,62,88)(H,64,91)(H,66,77)(H,67,89)(H,68,90)(H,69,92)(H3,60,63,65). The second kappa shape index (κ2) is 32.3. The zero-order chi connectivity index (χ0) is 70.3. The summed E-state index contributed by atoms with van der Waals surface area (Å²) in [7, 11) is 0. The van der Waals surface area contributed by atoms with Crippen molar-refractivity contribution in [2.24, 2.45) is 10.7 Å². The minimum atomic E-state index is -2.49. The number of hydrogen-bond donors (Lipinski definition) is 24. The zero-order valence-electron chi connectivity index (χ0n) is 52.2. The molecule has 8 rings (SSSR count). The Morgan fingerprint density at radius 2 is 1.22 bits per heavy atom. The number of carbonyl (C=O) groups excluding carboxylic acids is 6. The number of carbonyl (C=O) groups is 6. The molecule has 26 atom stereocenters. The van der Waals surface area contributed by atoms with Crippen molar-refractivity contribution in [1.82, 2.24) is 47.0 Å². The summed E-state index contributed by atoms with van der Waals surface area (Å²) in [4.78, 5) is 96.6. The van der Waals surface area contributed by atoms with E-state index < -0.39 is 251 Å². The number of phenols is 1. The van der Waals surface area contributed by atoms with Crippen LogP contribution in [0.1, 0.15) is 43.7 Å². The Labute approximate surface area is 548 Å². The van der Waals surface area contributed by atoms with E-state index in [4.69, 9.17) is 24.7 Å². The predicted molar refractivity (Wildman–Crippen MR) is 325 cm³/mol. The van der Waals surface area contributed by atoms with Gasteiger partial charge >= 0.3 is 0 Å². The Bertz CT molecular complexity index is 3100. The fraction of sp³-hybridized carbons (Fsp3) is 0.627. The van der Waals surface area contributed by atoms with Crippen molar-refractivity contribution in [3.05, 3.63) is 77.4 Å². The number of aromatic hydroxyl groups is 1. The highest BCUT2D eigenvalue weighted by Crippen LogP contribution is 2.38. The maximum absolute atomic E-state index is 16.0. The summed E-state index contributed by atoms with van der Waals surface area (Å²) in [5, 5.41) is 194. The number of aliphatic hydroxyl groups excluding tert-OH is 14. The molecule has 6 heterocycles. The van der Waals surface area contributed by atoms with E-state index in [0.29, 0.717) is 5.56 Å². The first kappa shape index (κ1) is 74.4. The van der Waals surface area contributed by atoms with Crippen LogP contribution in [0.25, 0.3) is 0 Å². The third-order valence-corrected chi connectivity index (χ3v) is 17.9. The molecule has 0 aromatic heterocycles. The van der Waals surface area contributed by atoms with Crippen LogP contribution >= 0.6 is 0 Å². The number of amides is 6. The van der Waals surface area contributed by atoms with Crippen LogP contribution in [0, 0.1) is 5.41 Å². The van der Waals surface area contributed by atoms with Crippen LogP contribution in [0.15, 0.2) is 71.2 Å². The monoisotopic (exact) mass is 1360 g/mol. The predicted octanol–water partition coefficient (Wildman–Crippen LogP) is -11.8. The Morgan fingerprint density at radius 1 is 0.646 bits per heavy atom. The number of aliphatic imine (C=N–C) groups is 1. The molecule has 37 heteroatoms. The minimum absolute atomic E-state index is 0.102. The van der Waals surface area contributed by atoms with E-state index in [9.17, 15) is 91.6 Å². The van der Waals surface area contributed by atoms with Gasteiger partial charge in [-0.2, -0.15) is 0 Å². The number of benzene rings is 2. The lowest BCUT2D eigenvalue weighted by Crippen LogP contribution is -2.70. The van der Waals surface area contributed by atoms with Crippen molar-refractivity contribution < 1.29 is 124 Å². The number of hydrogen-bond acceptors (Lipinski definition) is 29. The summed E-state index contributed by atoms with van der Waals surface area (Å²) < 4.78 is 23.5. The van der Waals surface area contributed by atoms with E-state index in [1.807, 2.05) is 0 Å². The van der Waals surface area contributed by atoms with Gasteiger partial charge in [-0.3, -0.25) is 39.2 Å². The molecule has 2 aromatic carbocycles. The molecule has 6 aliphatic heterocycles. The summed E-state index contributed by atoms with van der Waals surface area (Å²) in [6.07, 6.45) is -32.8. The topological polar surface area (TPSA) is 596 Å². The Kier molecular flexibility index (Phi) is 25.1. The van der Waals surface area contributed by atoms with Crippen molar-refractivity contribution in [1.29, 1.82) is 5.41 Å². The largest absolute Gasteiger partial charge is 0.508 e. The van der Waals surface area contributed by atoms with Gasteiger partial charge in [0.05, 0.1) is 57.7 Å². The van der Waals surface area contributed by atoms with Gasteiger partial charge in [-0.25, -0.2) is 0 Å². The van der Waals surface area contributed by atoms with Crippen molar-refractivity contribution in [2.75, 3.05) is 52.6 Å². The van der Waals surface area contributed by atoms with Gasteiger partial charge in [0.25, 0.3) is 0 Å². The average molecular weight is 1360 g/mol. The molecular weight excluding hydrogens is 1280 g/mol. The Hall–Kier alpha value is -7.38. The molecule has 0 bridgehead atoms. The molecule has 5 fully saturated rings. The summed E-state index contributed by atoms with van der Waals surface area (Å²) in [6, 6.07) is -1.75. The van der Waals surface area contributed by atoms with Crippen LogP contribution in [0.4, 0.5) is 0 Å². The Morgan fingerprint density at radius 3 is 1.81 bits per heavy atom. The molecule has 25 N–H and O–H groups in total. The molecular formula is C59H86N12O25. The fourth-order valence-corrected chi connectivity index (χ4v) is 12.4. The third-order valence-electron chi connectivity index (χ3n) is 17.9. The van der Waals surface area contributed by atoms with Crippen molar-refractivity contribution in [3.8, 4) is 5.75 Å². The Balaban J connectivity index is 1.27. The first-order valence-electron chi connectivity index (χ1n) is 30.9. The van der Waals surface area contributed by atoms with Crippen molar-refractivity contribution >= 4 is 47.4 Å². The molecule has 2 aromatic rings. The van der Waals surface area contributed by atoms with E-state index in [1.165, 1.54) is 24.0 Å². The highest BCUT2D eigenvalue weighted by Gasteiger charge is 2.57.